The minimum Gasteiger partial charge on any atom is -0.330 e. The van der Waals surface area contributed by atoms with Crippen LogP contribution in [0.4, 0.5) is 16.5 Å². The van der Waals surface area contributed by atoms with Gasteiger partial charge in [0.25, 0.3) is 0 Å². The molecule has 0 aliphatic carbocycles. The highest BCUT2D eigenvalue weighted by atomic mass is 79.9. The van der Waals surface area contributed by atoms with Crippen LogP contribution in [-0.2, 0) is 4.79 Å². The largest absolute Gasteiger partial charge is 0.330 e. The van der Waals surface area contributed by atoms with E-state index in [0.29, 0.717) is 5.13 Å². The van der Waals surface area contributed by atoms with Crippen LogP contribution < -0.4 is 10.6 Å². The van der Waals surface area contributed by atoms with Crippen molar-refractivity contribution in [2.24, 2.45) is 0 Å². The lowest BCUT2D eigenvalue weighted by Crippen LogP contribution is -2.14. The van der Waals surface area contributed by atoms with Gasteiger partial charge in [0.2, 0.25) is 11.0 Å². The standard InChI is InChI=1S/C17H14Br2N4OS2/c1-10-4-2-3-5-13(10)21-16-22-23-17(26-16)25-9-15(24)20-14-7-6-11(18)8-12(14)19/h2-8H,9H2,1H3,(H,20,24)(H,21,22). The molecule has 2 N–H and O–H groups in total. The van der Waals surface area contributed by atoms with E-state index in [-0.39, 0.29) is 11.7 Å². The highest BCUT2D eigenvalue weighted by molar-refractivity contribution is 9.11. The minimum atomic E-state index is -0.0957. The Kier molecular flexibility index (Phi) is 6.68. The van der Waals surface area contributed by atoms with Crippen LogP contribution in [0.25, 0.3) is 0 Å². The zero-order valence-corrected chi connectivity index (χ0v) is 18.4. The molecule has 3 rings (SSSR count). The molecule has 9 heteroatoms. The van der Waals surface area contributed by atoms with E-state index >= 15 is 0 Å². The molecule has 1 amide bonds. The average molecular weight is 514 g/mol. The lowest BCUT2D eigenvalue weighted by molar-refractivity contribution is -0.113. The molecule has 0 radical (unpaired) electrons. The summed E-state index contributed by atoms with van der Waals surface area (Å²) in [6, 6.07) is 13.6. The zero-order valence-electron chi connectivity index (χ0n) is 13.6. The summed E-state index contributed by atoms with van der Waals surface area (Å²) >= 11 is 9.60. The lowest BCUT2D eigenvalue weighted by Gasteiger charge is -2.07. The fraction of sp³-hybridized carbons (Fsp3) is 0.118. The summed E-state index contributed by atoms with van der Waals surface area (Å²) in [6.45, 7) is 2.03. The summed E-state index contributed by atoms with van der Waals surface area (Å²) in [5, 5.41) is 15.1. The van der Waals surface area contributed by atoms with E-state index in [4.69, 9.17) is 0 Å². The van der Waals surface area contributed by atoms with Gasteiger partial charge in [-0.1, -0.05) is 57.2 Å². The van der Waals surface area contributed by atoms with E-state index in [1.807, 2.05) is 49.4 Å². The number of hydrogen-bond acceptors (Lipinski definition) is 6. The van der Waals surface area contributed by atoms with Crippen LogP contribution in [0.3, 0.4) is 0 Å². The Labute approximate surface area is 176 Å². The molecule has 5 nitrogen and oxygen atoms in total. The Balaban J connectivity index is 1.54. The van der Waals surface area contributed by atoms with Crippen molar-refractivity contribution in [3.63, 3.8) is 0 Å². The number of rotatable bonds is 6. The normalized spacial score (nSPS) is 10.6. The van der Waals surface area contributed by atoms with Crippen LogP contribution >= 0.6 is 55.0 Å². The predicted molar refractivity (Wildman–Crippen MR) is 116 cm³/mol. The van der Waals surface area contributed by atoms with Crippen LogP contribution in [0.5, 0.6) is 0 Å². The molecule has 0 aliphatic rings. The molecule has 0 fully saturated rings. The Bertz CT molecular complexity index is 933. The first-order chi connectivity index (χ1) is 12.5. The maximum Gasteiger partial charge on any atom is 0.234 e. The first-order valence-corrected chi connectivity index (χ1v) is 10.9. The molecule has 2 aromatic carbocycles. The van der Waals surface area contributed by atoms with Crippen molar-refractivity contribution in [3.8, 4) is 0 Å². The van der Waals surface area contributed by atoms with Crippen molar-refractivity contribution in [3.05, 3.63) is 57.0 Å². The number of benzene rings is 2. The van der Waals surface area contributed by atoms with Gasteiger partial charge in [0.1, 0.15) is 0 Å². The Morgan fingerprint density at radius 2 is 1.96 bits per heavy atom. The number of aromatic nitrogens is 2. The number of thioether (sulfide) groups is 1. The van der Waals surface area contributed by atoms with E-state index in [1.165, 1.54) is 23.1 Å². The van der Waals surface area contributed by atoms with Gasteiger partial charge in [-0.15, -0.1) is 10.2 Å². The second-order valence-corrected chi connectivity index (χ2v) is 9.24. The number of para-hydroxylation sites is 1. The number of nitrogens with zero attached hydrogens (tertiary/aromatic N) is 2. The molecule has 0 aliphatic heterocycles. The van der Waals surface area contributed by atoms with Gasteiger partial charge in [-0.3, -0.25) is 4.79 Å². The third-order valence-corrected chi connectivity index (χ3v) is 6.45. The smallest absolute Gasteiger partial charge is 0.234 e. The van der Waals surface area contributed by atoms with E-state index < -0.39 is 0 Å². The molecule has 26 heavy (non-hydrogen) atoms. The van der Waals surface area contributed by atoms with Gasteiger partial charge in [0.05, 0.1) is 11.4 Å². The van der Waals surface area contributed by atoms with Crippen molar-refractivity contribution in [1.29, 1.82) is 0 Å². The Hall–Kier alpha value is -1.42. The Morgan fingerprint density at radius 3 is 2.73 bits per heavy atom. The highest BCUT2D eigenvalue weighted by Crippen LogP contribution is 2.29. The molecular weight excluding hydrogens is 500 g/mol. The molecule has 0 bridgehead atoms. The molecule has 0 atom stereocenters. The first-order valence-electron chi connectivity index (χ1n) is 7.55. The van der Waals surface area contributed by atoms with Gasteiger partial charge in [-0.2, -0.15) is 0 Å². The van der Waals surface area contributed by atoms with Gasteiger partial charge in [0, 0.05) is 14.6 Å². The summed E-state index contributed by atoms with van der Waals surface area (Å²) in [7, 11) is 0. The number of amides is 1. The molecule has 3 aromatic rings. The van der Waals surface area contributed by atoms with Crippen molar-refractivity contribution in [2.45, 2.75) is 11.3 Å². The topological polar surface area (TPSA) is 66.9 Å². The number of halogens is 2. The molecule has 134 valence electrons. The lowest BCUT2D eigenvalue weighted by atomic mass is 10.2. The Morgan fingerprint density at radius 1 is 1.15 bits per heavy atom. The summed E-state index contributed by atoms with van der Waals surface area (Å²) in [5.41, 5.74) is 2.87. The maximum absolute atomic E-state index is 12.1. The van der Waals surface area contributed by atoms with E-state index in [0.717, 1.165) is 30.2 Å². The third-order valence-electron chi connectivity index (χ3n) is 3.33. The first kappa shape index (κ1) is 19.3. The fourth-order valence-electron chi connectivity index (χ4n) is 2.05. The van der Waals surface area contributed by atoms with Crippen LogP contribution in [0.2, 0.25) is 0 Å². The van der Waals surface area contributed by atoms with E-state index in [1.54, 1.807) is 0 Å². The fourth-order valence-corrected chi connectivity index (χ4v) is 4.76. The summed E-state index contributed by atoms with van der Waals surface area (Å²) < 4.78 is 2.51. The number of nitrogens with one attached hydrogen (secondary N) is 2. The number of hydrogen-bond donors (Lipinski definition) is 2. The monoisotopic (exact) mass is 512 g/mol. The number of carbonyl (C=O) groups excluding carboxylic acids is 1. The van der Waals surface area contributed by atoms with Crippen LogP contribution in [0, 0.1) is 6.92 Å². The van der Waals surface area contributed by atoms with Crippen LogP contribution in [-0.4, -0.2) is 21.9 Å². The average Bonchev–Trinajstić information content (AvgIpc) is 3.05. The summed E-state index contributed by atoms with van der Waals surface area (Å²) in [6.07, 6.45) is 0. The molecule has 1 heterocycles. The van der Waals surface area contributed by atoms with E-state index in [9.17, 15) is 4.79 Å². The number of carbonyl (C=O) groups is 1. The second-order valence-electron chi connectivity index (χ2n) is 5.27. The van der Waals surface area contributed by atoms with Gasteiger partial charge in [-0.25, -0.2) is 0 Å². The van der Waals surface area contributed by atoms with Crippen molar-refractivity contribution < 1.29 is 4.79 Å². The van der Waals surface area contributed by atoms with Gasteiger partial charge >= 0.3 is 0 Å². The summed E-state index contributed by atoms with van der Waals surface area (Å²) in [5.74, 6) is 0.170. The molecular formula is C17H14Br2N4OS2. The minimum absolute atomic E-state index is 0.0957. The van der Waals surface area contributed by atoms with Gasteiger partial charge in [0.15, 0.2) is 4.34 Å². The molecule has 0 unspecified atom stereocenters. The second kappa shape index (κ2) is 8.98. The molecule has 1 aromatic heterocycles. The van der Waals surface area contributed by atoms with Gasteiger partial charge < -0.3 is 10.6 Å². The van der Waals surface area contributed by atoms with Crippen molar-refractivity contribution >= 4 is 77.4 Å². The van der Waals surface area contributed by atoms with Gasteiger partial charge in [-0.05, 0) is 52.7 Å². The number of anilines is 3. The van der Waals surface area contributed by atoms with Crippen molar-refractivity contribution in [1.82, 2.24) is 10.2 Å². The van der Waals surface area contributed by atoms with E-state index in [2.05, 4.69) is 52.7 Å². The quantitative estimate of drug-likeness (QED) is 0.405. The zero-order chi connectivity index (χ0) is 18.5. The molecule has 0 saturated carbocycles. The third kappa shape index (κ3) is 5.29. The molecule has 0 saturated heterocycles. The number of aryl methyl sites for hydroxylation is 1. The molecule has 0 spiro atoms. The van der Waals surface area contributed by atoms with Crippen molar-refractivity contribution in [2.75, 3.05) is 16.4 Å². The van der Waals surface area contributed by atoms with Crippen LogP contribution in [0.1, 0.15) is 5.56 Å². The summed E-state index contributed by atoms with van der Waals surface area (Å²) in [4.78, 5) is 12.1. The SMILES string of the molecule is Cc1ccccc1Nc1nnc(SCC(=O)Nc2ccc(Br)cc2Br)s1. The van der Waals surface area contributed by atoms with Crippen LogP contribution in [0.15, 0.2) is 55.7 Å². The predicted octanol–water partition coefficient (Wildman–Crippen LogP) is 5.85. The maximum atomic E-state index is 12.1. The highest BCUT2D eigenvalue weighted by Gasteiger charge is 2.10.